The number of benzene rings is 2. The number of rotatable bonds is 0. The van der Waals surface area contributed by atoms with E-state index in [0.717, 1.165) is 0 Å². The van der Waals surface area contributed by atoms with Crippen molar-refractivity contribution in [1.82, 2.24) is 0 Å². The van der Waals surface area contributed by atoms with Crippen LogP contribution in [0.2, 0.25) is 0 Å². The van der Waals surface area contributed by atoms with Crippen molar-refractivity contribution in [3.8, 4) is 0 Å². The molecule has 0 heterocycles. The Labute approximate surface area is 138 Å². The van der Waals surface area contributed by atoms with Crippen LogP contribution < -0.4 is 0 Å². The first-order valence-electron chi connectivity index (χ1n) is 6.96. The van der Waals surface area contributed by atoms with Crippen LogP contribution in [0.15, 0.2) is 72.8 Å². The second-order valence-corrected chi connectivity index (χ2v) is 5.32. The van der Waals surface area contributed by atoms with Crippen molar-refractivity contribution in [3.05, 3.63) is 83.9 Å². The molecule has 0 aliphatic rings. The molecule has 4 aromatic rings. The van der Waals surface area contributed by atoms with Gasteiger partial charge in [-0.1, -0.05) is 26.0 Å². The molecule has 103 valence electrons. The molecule has 0 saturated heterocycles. The molecule has 0 aliphatic heterocycles. The van der Waals surface area contributed by atoms with Gasteiger partial charge in [0, 0.05) is 0 Å². The quantitative estimate of drug-likeness (QED) is 0.364. The van der Waals surface area contributed by atoms with Crippen molar-refractivity contribution in [1.29, 1.82) is 0 Å². The summed E-state index contributed by atoms with van der Waals surface area (Å²) in [7, 11) is 0. The fourth-order valence-corrected chi connectivity index (χ4v) is 2.61. The Morgan fingerprint density at radius 2 is 1.00 bits per heavy atom. The van der Waals surface area contributed by atoms with Crippen LogP contribution in [0.3, 0.4) is 0 Å². The monoisotopic (exact) mass is 309 g/mol. The van der Waals surface area contributed by atoms with Crippen LogP contribution in [0.25, 0.3) is 21.5 Å². The minimum atomic E-state index is 0. The average Bonchev–Trinajstić information content (AvgIpc) is 2.99. The van der Waals surface area contributed by atoms with Gasteiger partial charge in [0.05, 0.1) is 0 Å². The second kappa shape index (κ2) is 6.80. The van der Waals surface area contributed by atoms with Crippen molar-refractivity contribution in [3.63, 3.8) is 0 Å². The van der Waals surface area contributed by atoms with Crippen molar-refractivity contribution in [2.24, 2.45) is 0 Å². The summed E-state index contributed by atoms with van der Waals surface area (Å²) < 4.78 is 0. The van der Waals surface area contributed by atoms with Gasteiger partial charge in [-0.15, -0.1) is 81.2 Å². The molecule has 0 aromatic heterocycles. The van der Waals surface area contributed by atoms with Crippen LogP contribution >= 0.6 is 0 Å². The Bertz CT molecular complexity index is 695. The zero-order valence-corrected chi connectivity index (χ0v) is 13.8. The van der Waals surface area contributed by atoms with Gasteiger partial charge in [-0.05, 0) is 0 Å². The van der Waals surface area contributed by atoms with Gasteiger partial charge in [0.25, 0.3) is 0 Å². The number of hydrogen-bond acceptors (Lipinski definition) is 0. The molecule has 0 saturated carbocycles. The minimum absolute atomic E-state index is 0. The summed E-state index contributed by atoms with van der Waals surface area (Å²) in [5.41, 5.74) is 2.70. The molecule has 4 rings (SSSR count). The molecule has 0 unspecified atom stereocenters. The van der Waals surface area contributed by atoms with E-state index in [4.69, 9.17) is 0 Å². The standard InChI is InChI=1S/2C10H9.V/c2*1-8-6-9-4-2-3-5-10(9)7-8;/h2*2-7H,1H3;/q2*-1;+2. The van der Waals surface area contributed by atoms with Gasteiger partial charge in [0.2, 0.25) is 0 Å². The van der Waals surface area contributed by atoms with E-state index in [1.54, 1.807) is 0 Å². The predicted molar refractivity (Wildman–Crippen MR) is 88.6 cm³/mol. The summed E-state index contributed by atoms with van der Waals surface area (Å²) in [5.74, 6) is 0. The van der Waals surface area contributed by atoms with Gasteiger partial charge in [-0.2, -0.15) is 12.1 Å². The maximum atomic E-state index is 2.20. The molecule has 0 fully saturated rings. The molecule has 0 spiro atoms. The molecule has 0 aliphatic carbocycles. The molecular formula is C20H18V. The number of hydrogen-bond donors (Lipinski definition) is 0. The molecule has 0 amide bonds. The summed E-state index contributed by atoms with van der Waals surface area (Å²) in [5, 5.41) is 5.39. The van der Waals surface area contributed by atoms with Gasteiger partial charge in [0.15, 0.2) is 0 Å². The topological polar surface area (TPSA) is 0 Å². The van der Waals surface area contributed by atoms with Gasteiger partial charge in [-0.25, -0.2) is 0 Å². The molecule has 0 atom stereocenters. The van der Waals surface area contributed by atoms with Crippen LogP contribution in [0.1, 0.15) is 11.1 Å². The molecule has 0 bridgehead atoms. The van der Waals surface area contributed by atoms with Gasteiger partial charge < -0.3 is 0 Å². The molecule has 0 N–H and O–H groups in total. The first-order valence-corrected chi connectivity index (χ1v) is 6.96. The van der Waals surface area contributed by atoms with Crippen molar-refractivity contribution in [2.75, 3.05) is 0 Å². The van der Waals surface area contributed by atoms with Crippen LogP contribution in [-0.2, 0) is 18.6 Å². The first kappa shape index (κ1) is 15.6. The van der Waals surface area contributed by atoms with Crippen molar-refractivity contribution >= 4 is 21.5 Å². The smallest absolute Gasteiger partial charge is 0.165 e. The molecule has 0 nitrogen and oxygen atoms in total. The third kappa shape index (κ3) is 3.66. The molecule has 4 aromatic carbocycles. The van der Waals surface area contributed by atoms with Crippen LogP contribution in [-0.4, -0.2) is 0 Å². The van der Waals surface area contributed by atoms with Gasteiger partial charge in [0.1, 0.15) is 0 Å². The van der Waals surface area contributed by atoms with E-state index in [1.165, 1.54) is 32.7 Å². The number of aryl methyl sites for hydroxylation is 2. The molecule has 1 radical (unpaired) electrons. The predicted octanol–water partition coefficient (Wildman–Crippen LogP) is 5.73. The van der Waals surface area contributed by atoms with Crippen LogP contribution in [0, 0.1) is 13.8 Å². The third-order valence-electron chi connectivity index (χ3n) is 3.52. The summed E-state index contributed by atoms with van der Waals surface area (Å²) in [6.45, 7) is 4.25. The normalized spacial score (nSPS) is 10.0. The van der Waals surface area contributed by atoms with Crippen molar-refractivity contribution < 1.29 is 18.6 Å². The fraction of sp³-hybridized carbons (Fsp3) is 0.100. The second-order valence-electron chi connectivity index (χ2n) is 5.32. The minimum Gasteiger partial charge on any atom is -0.165 e. The Hall–Kier alpha value is -1.76. The van der Waals surface area contributed by atoms with E-state index in [2.05, 4.69) is 86.6 Å². The summed E-state index contributed by atoms with van der Waals surface area (Å²) in [6, 6.07) is 25.7. The van der Waals surface area contributed by atoms with E-state index in [9.17, 15) is 0 Å². The summed E-state index contributed by atoms with van der Waals surface area (Å²) in [4.78, 5) is 0. The van der Waals surface area contributed by atoms with Crippen LogP contribution in [0.4, 0.5) is 0 Å². The average molecular weight is 309 g/mol. The Morgan fingerprint density at radius 3 is 1.38 bits per heavy atom. The van der Waals surface area contributed by atoms with E-state index < -0.39 is 0 Å². The van der Waals surface area contributed by atoms with E-state index in [-0.39, 0.29) is 18.6 Å². The summed E-state index contributed by atoms with van der Waals surface area (Å²) >= 11 is 0. The Kier molecular flexibility index (Phi) is 5.06. The maximum Gasteiger partial charge on any atom is 2.00 e. The first-order chi connectivity index (χ1) is 9.72. The molecule has 21 heavy (non-hydrogen) atoms. The largest absolute Gasteiger partial charge is 2.00 e. The van der Waals surface area contributed by atoms with E-state index >= 15 is 0 Å². The summed E-state index contributed by atoms with van der Waals surface area (Å²) in [6.07, 6.45) is 0. The third-order valence-corrected chi connectivity index (χ3v) is 3.52. The van der Waals surface area contributed by atoms with Gasteiger partial charge in [-0.3, -0.25) is 0 Å². The zero-order valence-electron chi connectivity index (χ0n) is 12.4. The Balaban J connectivity index is 0.000000147. The van der Waals surface area contributed by atoms with E-state index in [1.807, 2.05) is 0 Å². The number of fused-ring (bicyclic) bond motifs is 2. The van der Waals surface area contributed by atoms with E-state index in [0.29, 0.717) is 0 Å². The molecule has 1 heteroatoms. The molecular weight excluding hydrogens is 291 g/mol. The Morgan fingerprint density at radius 1 is 0.619 bits per heavy atom. The van der Waals surface area contributed by atoms with Crippen LogP contribution in [0.5, 0.6) is 0 Å². The van der Waals surface area contributed by atoms with Crippen molar-refractivity contribution in [2.45, 2.75) is 13.8 Å². The van der Waals surface area contributed by atoms with Gasteiger partial charge >= 0.3 is 18.6 Å². The maximum absolute atomic E-state index is 2.20. The zero-order chi connectivity index (χ0) is 13.9. The SMILES string of the molecule is Cc1cc2ccccc2[cH-]1.Cc1cc2ccccc2[cH-]1.[V+2]. The fourth-order valence-electron chi connectivity index (χ4n) is 2.61.